The molecular formula is C26H32N4O. The molecule has 1 amide bonds. The summed E-state index contributed by atoms with van der Waals surface area (Å²) in [7, 11) is 0. The molecular weight excluding hydrogens is 384 g/mol. The topological polar surface area (TPSA) is 50.2 Å². The van der Waals surface area contributed by atoms with Gasteiger partial charge in [-0.2, -0.15) is 5.10 Å². The minimum atomic E-state index is 0.0281. The predicted octanol–water partition coefficient (Wildman–Crippen LogP) is 5.26. The van der Waals surface area contributed by atoms with Crippen LogP contribution in [0.5, 0.6) is 0 Å². The number of carbonyl (C=O) groups is 1. The SMILES string of the molecule is Cc1nn(-c2ccccc2)c(C)c1NC(=O)CN(Cc1ccccc1)C1CCCCC1. The molecule has 1 N–H and O–H groups in total. The summed E-state index contributed by atoms with van der Waals surface area (Å²) in [5.41, 5.74) is 4.85. The zero-order valence-corrected chi connectivity index (χ0v) is 18.6. The molecule has 0 spiro atoms. The van der Waals surface area contributed by atoms with Crippen molar-refractivity contribution in [2.24, 2.45) is 0 Å². The van der Waals surface area contributed by atoms with Crippen molar-refractivity contribution in [2.45, 2.75) is 58.5 Å². The van der Waals surface area contributed by atoms with Gasteiger partial charge in [-0.15, -0.1) is 0 Å². The van der Waals surface area contributed by atoms with Gasteiger partial charge < -0.3 is 5.32 Å². The third-order valence-corrected chi connectivity index (χ3v) is 6.22. The third-order valence-electron chi connectivity index (χ3n) is 6.22. The van der Waals surface area contributed by atoms with Crippen molar-refractivity contribution < 1.29 is 4.79 Å². The lowest BCUT2D eigenvalue weighted by Gasteiger charge is -2.34. The van der Waals surface area contributed by atoms with Gasteiger partial charge in [-0.05, 0) is 44.4 Å². The Hall–Kier alpha value is -2.92. The van der Waals surface area contributed by atoms with Gasteiger partial charge >= 0.3 is 0 Å². The Bertz CT molecular complexity index is 991. The van der Waals surface area contributed by atoms with Crippen LogP contribution in [0.15, 0.2) is 60.7 Å². The van der Waals surface area contributed by atoms with Crippen molar-refractivity contribution in [3.05, 3.63) is 77.6 Å². The maximum Gasteiger partial charge on any atom is 0.238 e. The van der Waals surface area contributed by atoms with Crippen LogP contribution in [-0.2, 0) is 11.3 Å². The van der Waals surface area contributed by atoms with E-state index in [-0.39, 0.29) is 5.91 Å². The molecule has 2 aromatic carbocycles. The monoisotopic (exact) mass is 416 g/mol. The molecule has 1 aliphatic carbocycles. The number of nitrogens with zero attached hydrogens (tertiary/aromatic N) is 3. The number of rotatable bonds is 7. The van der Waals surface area contributed by atoms with Crippen LogP contribution in [0.3, 0.4) is 0 Å². The van der Waals surface area contributed by atoms with Crippen molar-refractivity contribution in [1.82, 2.24) is 14.7 Å². The highest BCUT2D eigenvalue weighted by molar-refractivity contribution is 5.93. The number of aryl methyl sites for hydroxylation is 1. The normalized spacial score (nSPS) is 14.7. The maximum absolute atomic E-state index is 13.1. The zero-order chi connectivity index (χ0) is 21.6. The Kier molecular flexibility index (Phi) is 6.82. The molecule has 0 radical (unpaired) electrons. The molecule has 0 bridgehead atoms. The lowest BCUT2D eigenvalue weighted by Crippen LogP contribution is -2.41. The van der Waals surface area contributed by atoms with Gasteiger partial charge in [-0.1, -0.05) is 67.8 Å². The zero-order valence-electron chi connectivity index (χ0n) is 18.6. The molecule has 1 saturated carbocycles. The van der Waals surface area contributed by atoms with Crippen LogP contribution in [0.4, 0.5) is 5.69 Å². The first-order valence-corrected chi connectivity index (χ1v) is 11.3. The Balaban J connectivity index is 1.49. The van der Waals surface area contributed by atoms with E-state index in [1.165, 1.54) is 37.7 Å². The van der Waals surface area contributed by atoms with Gasteiger partial charge in [0, 0.05) is 12.6 Å². The summed E-state index contributed by atoms with van der Waals surface area (Å²) < 4.78 is 1.90. The van der Waals surface area contributed by atoms with Gasteiger partial charge in [-0.25, -0.2) is 4.68 Å². The van der Waals surface area contributed by atoms with Crippen molar-refractivity contribution in [2.75, 3.05) is 11.9 Å². The molecule has 31 heavy (non-hydrogen) atoms. The van der Waals surface area contributed by atoms with E-state index in [1.807, 2.05) is 54.9 Å². The van der Waals surface area contributed by atoms with Crippen LogP contribution >= 0.6 is 0 Å². The molecule has 0 aliphatic heterocycles. The molecule has 1 heterocycles. The largest absolute Gasteiger partial charge is 0.322 e. The Morgan fingerprint density at radius 1 is 1.00 bits per heavy atom. The fourth-order valence-corrected chi connectivity index (χ4v) is 4.59. The standard InChI is InChI=1S/C26H32N4O/c1-20-26(21(2)30(28-20)24-16-10-5-11-17-24)27-25(31)19-29(23-14-8-4-9-15-23)18-22-12-6-3-7-13-22/h3,5-7,10-13,16-17,23H,4,8-9,14-15,18-19H2,1-2H3,(H,27,31). The predicted molar refractivity (Wildman–Crippen MR) is 125 cm³/mol. The number of para-hydroxylation sites is 1. The number of carbonyl (C=O) groups excluding carboxylic acids is 1. The minimum Gasteiger partial charge on any atom is -0.322 e. The third kappa shape index (κ3) is 5.23. The van der Waals surface area contributed by atoms with Crippen LogP contribution in [-0.4, -0.2) is 33.2 Å². The summed E-state index contributed by atoms with van der Waals surface area (Å²) in [6.45, 7) is 5.16. The first kappa shape index (κ1) is 21.3. The fraction of sp³-hybridized carbons (Fsp3) is 0.385. The van der Waals surface area contributed by atoms with E-state index in [4.69, 9.17) is 0 Å². The number of anilines is 1. The summed E-state index contributed by atoms with van der Waals surface area (Å²) in [6.07, 6.45) is 6.15. The van der Waals surface area contributed by atoms with E-state index in [0.717, 1.165) is 29.3 Å². The van der Waals surface area contributed by atoms with Gasteiger partial charge in [0.25, 0.3) is 0 Å². The molecule has 0 saturated heterocycles. The highest BCUT2D eigenvalue weighted by atomic mass is 16.2. The first-order valence-electron chi connectivity index (χ1n) is 11.3. The molecule has 5 nitrogen and oxygen atoms in total. The average molecular weight is 417 g/mol. The molecule has 0 unspecified atom stereocenters. The summed E-state index contributed by atoms with van der Waals surface area (Å²) in [6, 6.07) is 21.0. The van der Waals surface area contributed by atoms with Gasteiger partial charge in [0.15, 0.2) is 0 Å². The van der Waals surface area contributed by atoms with Gasteiger partial charge in [0.2, 0.25) is 5.91 Å². The Morgan fingerprint density at radius 3 is 2.32 bits per heavy atom. The van der Waals surface area contributed by atoms with Crippen LogP contribution in [0.1, 0.15) is 49.1 Å². The lowest BCUT2D eigenvalue weighted by atomic mass is 9.93. The maximum atomic E-state index is 13.1. The number of hydrogen-bond donors (Lipinski definition) is 1. The summed E-state index contributed by atoms with van der Waals surface area (Å²) in [5.74, 6) is 0.0281. The number of hydrogen-bond acceptors (Lipinski definition) is 3. The lowest BCUT2D eigenvalue weighted by molar-refractivity contribution is -0.118. The van der Waals surface area contributed by atoms with E-state index in [1.54, 1.807) is 0 Å². The number of benzene rings is 2. The van der Waals surface area contributed by atoms with Crippen molar-refractivity contribution in [3.8, 4) is 5.69 Å². The van der Waals surface area contributed by atoms with E-state index in [2.05, 4.69) is 39.6 Å². The van der Waals surface area contributed by atoms with Crippen molar-refractivity contribution in [3.63, 3.8) is 0 Å². The smallest absolute Gasteiger partial charge is 0.238 e. The molecule has 162 valence electrons. The van der Waals surface area contributed by atoms with E-state index >= 15 is 0 Å². The molecule has 0 atom stereocenters. The number of amides is 1. The van der Waals surface area contributed by atoms with Crippen LogP contribution in [0.2, 0.25) is 0 Å². The van der Waals surface area contributed by atoms with E-state index in [9.17, 15) is 4.79 Å². The summed E-state index contributed by atoms with van der Waals surface area (Å²) >= 11 is 0. The van der Waals surface area contributed by atoms with Crippen molar-refractivity contribution >= 4 is 11.6 Å². The molecule has 5 heteroatoms. The molecule has 1 fully saturated rings. The first-order chi connectivity index (χ1) is 15.1. The highest BCUT2D eigenvalue weighted by Crippen LogP contribution is 2.25. The second-order valence-electron chi connectivity index (χ2n) is 8.52. The molecule has 1 aromatic heterocycles. The second kappa shape index (κ2) is 9.92. The Labute approximate surface area is 185 Å². The van der Waals surface area contributed by atoms with Gasteiger partial charge in [0.05, 0.1) is 29.3 Å². The number of nitrogens with one attached hydrogen (secondary N) is 1. The minimum absolute atomic E-state index is 0.0281. The molecule has 4 rings (SSSR count). The van der Waals surface area contributed by atoms with Crippen LogP contribution in [0.25, 0.3) is 5.69 Å². The van der Waals surface area contributed by atoms with Crippen LogP contribution < -0.4 is 5.32 Å². The number of aromatic nitrogens is 2. The van der Waals surface area contributed by atoms with Gasteiger partial charge in [-0.3, -0.25) is 9.69 Å². The summed E-state index contributed by atoms with van der Waals surface area (Å²) in [5, 5.41) is 7.82. The highest BCUT2D eigenvalue weighted by Gasteiger charge is 2.24. The van der Waals surface area contributed by atoms with Crippen LogP contribution in [0, 0.1) is 13.8 Å². The molecule has 3 aromatic rings. The second-order valence-corrected chi connectivity index (χ2v) is 8.52. The Morgan fingerprint density at radius 2 is 1.65 bits per heavy atom. The molecule has 1 aliphatic rings. The average Bonchev–Trinajstić information content (AvgIpc) is 3.09. The quantitative estimate of drug-likeness (QED) is 0.571. The van der Waals surface area contributed by atoms with E-state index < -0.39 is 0 Å². The fourth-order valence-electron chi connectivity index (χ4n) is 4.59. The van der Waals surface area contributed by atoms with Crippen molar-refractivity contribution in [1.29, 1.82) is 0 Å². The summed E-state index contributed by atoms with van der Waals surface area (Å²) in [4.78, 5) is 15.5. The van der Waals surface area contributed by atoms with E-state index in [0.29, 0.717) is 12.6 Å². The van der Waals surface area contributed by atoms with Gasteiger partial charge in [0.1, 0.15) is 0 Å².